The SMILES string of the molecule is C=CC(=O)N1CCCCC[C@@H]1c1ccc(N2C[C@H](C(C)(C)S(C)(=O)=O)[C@H]2C)c2cnc(Nc3ccnc(N4CCC(OC)CC4)n3)cc12. The minimum atomic E-state index is -3.25. The summed E-state index contributed by atoms with van der Waals surface area (Å²) in [7, 11) is -1.48. The number of likely N-dealkylation sites (tertiary alicyclic amines) is 1. The van der Waals surface area contributed by atoms with Crippen molar-refractivity contribution in [2.45, 2.75) is 82.2 Å². The number of nitrogens with one attached hydrogen (secondary N) is 1. The minimum absolute atomic E-state index is 0.00839. The largest absolute Gasteiger partial charge is 0.381 e. The van der Waals surface area contributed by atoms with E-state index in [0.29, 0.717) is 30.7 Å². The zero-order valence-corrected chi connectivity index (χ0v) is 29.7. The number of methoxy groups -OCH3 is 1. The fourth-order valence-corrected chi connectivity index (χ4v) is 8.49. The number of anilines is 4. The van der Waals surface area contributed by atoms with Crippen LogP contribution in [0.15, 0.2) is 49.3 Å². The summed E-state index contributed by atoms with van der Waals surface area (Å²) >= 11 is 0. The van der Waals surface area contributed by atoms with Crippen LogP contribution in [0.4, 0.5) is 23.3 Å². The van der Waals surface area contributed by atoms with Gasteiger partial charge in [0.15, 0.2) is 9.84 Å². The van der Waals surface area contributed by atoms with E-state index < -0.39 is 14.6 Å². The molecule has 12 heteroatoms. The Kier molecular flexibility index (Phi) is 9.68. The van der Waals surface area contributed by atoms with Crippen molar-refractivity contribution < 1.29 is 17.9 Å². The van der Waals surface area contributed by atoms with Gasteiger partial charge in [-0.05, 0) is 81.7 Å². The third kappa shape index (κ3) is 6.48. The summed E-state index contributed by atoms with van der Waals surface area (Å²) in [5.74, 6) is 1.90. The Morgan fingerprint density at radius 2 is 1.81 bits per heavy atom. The lowest BCUT2D eigenvalue weighted by atomic mass is 9.79. The van der Waals surface area contributed by atoms with Crippen molar-refractivity contribution in [2.75, 3.05) is 54.7 Å². The summed E-state index contributed by atoms with van der Waals surface area (Å²) in [5.41, 5.74) is 2.08. The van der Waals surface area contributed by atoms with E-state index in [1.165, 1.54) is 12.3 Å². The van der Waals surface area contributed by atoms with Gasteiger partial charge in [0.05, 0.1) is 16.9 Å². The zero-order valence-electron chi connectivity index (χ0n) is 28.9. The maximum Gasteiger partial charge on any atom is 0.246 e. The van der Waals surface area contributed by atoms with Crippen LogP contribution in [0.1, 0.15) is 70.9 Å². The Labute approximate surface area is 284 Å². The van der Waals surface area contributed by atoms with Crippen molar-refractivity contribution in [3.63, 3.8) is 0 Å². The van der Waals surface area contributed by atoms with Crippen LogP contribution in [0, 0.1) is 5.92 Å². The van der Waals surface area contributed by atoms with Crippen molar-refractivity contribution in [3.8, 4) is 0 Å². The number of pyridine rings is 1. The molecule has 3 aliphatic heterocycles. The number of amides is 1. The first kappa shape index (κ1) is 34.1. The van der Waals surface area contributed by atoms with E-state index in [4.69, 9.17) is 14.7 Å². The Morgan fingerprint density at radius 3 is 2.50 bits per heavy atom. The summed E-state index contributed by atoms with van der Waals surface area (Å²) in [4.78, 5) is 33.8. The maximum atomic E-state index is 13.1. The molecule has 1 N–H and O–H groups in total. The van der Waals surface area contributed by atoms with Gasteiger partial charge in [0.25, 0.3) is 0 Å². The number of fused-ring (bicyclic) bond motifs is 1. The van der Waals surface area contributed by atoms with Crippen LogP contribution in [-0.4, -0.2) is 90.6 Å². The summed E-state index contributed by atoms with van der Waals surface area (Å²) < 4.78 is 30.1. The van der Waals surface area contributed by atoms with Gasteiger partial charge in [0.1, 0.15) is 11.6 Å². The first-order valence-electron chi connectivity index (χ1n) is 17.1. The third-order valence-corrected chi connectivity index (χ3v) is 13.3. The van der Waals surface area contributed by atoms with Crippen molar-refractivity contribution in [1.82, 2.24) is 19.9 Å². The lowest BCUT2D eigenvalue weighted by molar-refractivity contribution is -0.128. The van der Waals surface area contributed by atoms with Gasteiger partial charge in [0, 0.05) is 75.0 Å². The number of hydrogen-bond donors (Lipinski definition) is 1. The van der Waals surface area contributed by atoms with E-state index in [2.05, 4.69) is 51.8 Å². The quantitative estimate of drug-likeness (QED) is 0.285. The zero-order chi connectivity index (χ0) is 34.2. The molecule has 0 aliphatic carbocycles. The molecule has 5 heterocycles. The van der Waals surface area contributed by atoms with E-state index in [0.717, 1.165) is 73.6 Å². The van der Waals surface area contributed by atoms with Crippen LogP contribution in [0.3, 0.4) is 0 Å². The van der Waals surface area contributed by atoms with E-state index in [1.807, 2.05) is 31.0 Å². The van der Waals surface area contributed by atoms with Gasteiger partial charge in [-0.15, -0.1) is 0 Å². The van der Waals surface area contributed by atoms with E-state index in [9.17, 15) is 13.2 Å². The lowest BCUT2D eigenvalue weighted by Gasteiger charge is -2.54. The molecule has 48 heavy (non-hydrogen) atoms. The number of piperidine rings is 1. The predicted octanol–water partition coefficient (Wildman–Crippen LogP) is 5.66. The molecule has 3 aromatic rings. The smallest absolute Gasteiger partial charge is 0.246 e. The second-order valence-corrected chi connectivity index (χ2v) is 16.7. The number of aromatic nitrogens is 3. The van der Waals surface area contributed by atoms with E-state index in [-0.39, 0.29) is 30.0 Å². The molecule has 3 fully saturated rings. The number of ether oxygens (including phenoxy) is 1. The van der Waals surface area contributed by atoms with Crippen LogP contribution in [0.2, 0.25) is 0 Å². The van der Waals surface area contributed by atoms with Gasteiger partial charge < -0.3 is 24.8 Å². The van der Waals surface area contributed by atoms with Gasteiger partial charge in [-0.2, -0.15) is 4.98 Å². The van der Waals surface area contributed by atoms with Crippen molar-refractivity contribution in [2.24, 2.45) is 5.92 Å². The van der Waals surface area contributed by atoms with Crippen molar-refractivity contribution in [3.05, 3.63) is 54.9 Å². The minimum Gasteiger partial charge on any atom is -0.381 e. The average Bonchev–Trinajstić information content (AvgIpc) is 3.33. The molecule has 6 rings (SSSR count). The number of hydrogen-bond acceptors (Lipinski definition) is 10. The molecule has 258 valence electrons. The molecule has 0 bridgehead atoms. The fourth-order valence-electron chi connectivity index (χ4n) is 7.67. The molecule has 2 aromatic heterocycles. The van der Waals surface area contributed by atoms with Crippen molar-refractivity contribution >= 4 is 49.8 Å². The maximum absolute atomic E-state index is 13.1. The van der Waals surface area contributed by atoms with E-state index >= 15 is 0 Å². The first-order chi connectivity index (χ1) is 22.9. The fraction of sp³-hybridized carbons (Fsp3) is 0.556. The monoisotopic (exact) mass is 675 g/mol. The number of rotatable bonds is 9. The average molecular weight is 676 g/mol. The highest BCUT2D eigenvalue weighted by atomic mass is 32.2. The highest BCUT2D eigenvalue weighted by Crippen LogP contribution is 2.45. The third-order valence-electron chi connectivity index (χ3n) is 11.1. The summed E-state index contributed by atoms with van der Waals surface area (Å²) in [6.07, 6.45) is 12.5. The Bertz CT molecular complexity index is 1770. The number of carbonyl (C=O) groups is 1. The van der Waals surface area contributed by atoms with Gasteiger partial charge in [0.2, 0.25) is 11.9 Å². The van der Waals surface area contributed by atoms with Crippen LogP contribution >= 0.6 is 0 Å². The molecular formula is C36H49N7O4S. The molecule has 3 saturated heterocycles. The molecule has 3 atom stereocenters. The van der Waals surface area contributed by atoms with E-state index in [1.54, 1.807) is 13.3 Å². The Hall–Kier alpha value is -3.77. The number of carbonyl (C=O) groups excluding carboxylic acids is 1. The standard InChI is InChI=1S/C36H49N7O4S/c1-7-34(44)42-18-10-8-9-11-30(42)26-12-13-31(43-23-29(24(43)2)36(3,4)48(6,45)46)28-22-38-33(21-27(26)28)39-32-14-17-37-35(40-32)41-19-15-25(47-5)16-20-41/h7,12-14,17,21-22,24-25,29-30H,1,8-11,15-16,18-20,23H2,2-6H3,(H,37,38,39,40)/t24-,29+,30-/m1/s1. The molecule has 3 aliphatic rings. The molecule has 1 aromatic carbocycles. The van der Waals surface area contributed by atoms with Gasteiger partial charge >= 0.3 is 0 Å². The van der Waals surface area contributed by atoms with Crippen LogP contribution in [0.5, 0.6) is 0 Å². The molecule has 0 saturated carbocycles. The van der Waals surface area contributed by atoms with Crippen LogP contribution in [-0.2, 0) is 19.4 Å². The lowest BCUT2D eigenvalue weighted by Crippen LogP contribution is -2.64. The van der Waals surface area contributed by atoms with Crippen LogP contribution in [0.25, 0.3) is 10.8 Å². The predicted molar refractivity (Wildman–Crippen MR) is 192 cm³/mol. The number of benzene rings is 1. The molecule has 0 radical (unpaired) electrons. The summed E-state index contributed by atoms with van der Waals surface area (Å²) in [5, 5.41) is 5.40. The second-order valence-electron chi connectivity index (χ2n) is 14.1. The van der Waals surface area contributed by atoms with Crippen molar-refractivity contribution in [1.29, 1.82) is 0 Å². The summed E-state index contributed by atoms with van der Waals surface area (Å²) in [6.45, 7) is 12.5. The highest BCUT2D eigenvalue weighted by Gasteiger charge is 2.50. The molecule has 1 amide bonds. The molecule has 11 nitrogen and oxygen atoms in total. The molecule has 0 spiro atoms. The van der Waals surface area contributed by atoms with Gasteiger partial charge in [-0.3, -0.25) is 4.79 Å². The Balaban J connectivity index is 1.37. The van der Waals surface area contributed by atoms with Gasteiger partial charge in [-0.25, -0.2) is 18.4 Å². The molecular weight excluding hydrogens is 627 g/mol. The normalized spacial score (nSPS) is 22.7. The Morgan fingerprint density at radius 1 is 1.04 bits per heavy atom. The summed E-state index contributed by atoms with van der Waals surface area (Å²) in [6, 6.07) is 8.09. The van der Waals surface area contributed by atoms with Gasteiger partial charge in [-0.1, -0.05) is 25.5 Å². The first-order valence-corrected chi connectivity index (χ1v) is 19.0. The second kappa shape index (κ2) is 13.6. The number of sulfone groups is 1. The number of nitrogens with zero attached hydrogens (tertiary/aromatic N) is 6. The van der Waals surface area contributed by atoms with Crippen LogP contribution < -0.4 is 15.1 Å². The topological polar surface area (TPSA) is 121 Å². The highest BCUT2D eigenvalue weighted by molar-refractivity contribution is 7.92. The molecule has 0 unspecified atom stereocenters.